The van der Waals surface area contributed by atoms with Crippen molar-refractivity contribution in [2.45, 2.75) is 31.4 Å². The predicted octanol–water partition coefficient (Wildman–Crippen LogP) is 4.04. The number of hydrogen-bond acceptors (Lipinski definition) is 6. The van der Waals surface area contributed by atoms with Gasteiger partial charge in [0.2, 0.25) is 5.91 Å². The fourth-order valence-electron chi connectivity index (χ4n) is 2.73. The highest BCUT2D eigenvalue weighted by atomic mass is 32.2. The molecule has 0 aliphatic carbocycles. The Morgan fingerprint density at radius 2 is 2.00 bits per heavy atom. The van der Waals surface area contributed by atoms with E-state index in [9.17, 15) is 4.79 Å². The normalized spacial score (nSPS) is 17.7. The van der Waals surface area contributed by atoms with Gasteiger partial charge in [-0.25, -0.2) is 0 Å². The molecule has 2 aromatic carbocycles. The molecule has 0 aromatic heterocycles. The Balaban J connectivity index is 1.54. The van der Waals surface area contributed by atoms with Crippen molar-refractivity contribution in [2.75, 3.05) is 13.7 Å². The largest absolute Gasteiger partial charge is 0.497 e. The lowest BCUT2D eigenvalue weighted by Crippen LogP contribution is -2.25. The standard InChI is InChI=1S/C22H25N3O3S/c1-3-4-12-28-18-10-8-16(9-11-18)15-23-25-22-24-21(26)20(29-22)14-17-6-5-7-19(13-17)27-2/h5-11,13,15,20H,3-4,12,14H2,1-2H3,(H,24,25,26). The van der Waals surface area contributed by atoms with Gasteiger partial charge in [-0.1, -0.05) is 37.2 Å². The van der Waals surface area contributed by atoms with Crippen molar-refractivity contribution in [2.24, 2.45) is 10.2 Å². The smallest absolute Gasteiger partial charge is 0.239 e. The molecule has 6 nitrogen and oxygen atoms in total. The Morgan fingerprint density at radius 3 is 2.76 bits per heavy atom. The fourth-order valence-corrected chi connectivity index (χ4v) is 3.70. The van der Waals surface area contributed by atoms with Crippen LogP contribution in [0.2, 0.25) is 0 Å². The molecule has 0 bridgehead atoms. The first kappa shape index (κ1) is 20.9. The number of carbonyl (C=O) groups excluding carboxylic acids is 1. The van der Waals surface area contributed by atoms with E-state index in [1.165, 1.54) is 11.8 Å². The molecule has 1 heterocycles. The number of ether oxygens (including phenoxy) is 2. The third kappa shape index (κ3) is 6.35. The molecule has 7 heteroatoms. The number of methoxy groups -OCH3 is 1. The number of nitrogens with one attached hydrogen (secondary N) is 1. The van der Waals surface area contributed by atoms with E-state index < -0.39 is 0 Å². The zero-order chi connectivity index (χ0) is 20.5. The van der Waals surface area contributed by atoms with E-state index in [1.54, 1.807) is 13.3 Å². The van der Waals surface area contributed by atoms with Crippen LogP contribution in [0.1, 0.15) is 30.9 Å². The minimum Gasteiger partial charge on any atom is -0.497 e. The van der Waals surface area contributed by atoms with Crippen LogP contribution in [0.5, 0.6) is 11.5 Å². The molecule has 1 amide bonds. The SMILES string of the molecule is CCCCOc1ccc(C=NN=C2NC(=O)C(Cc3cccc(OC)c3)S2)cc1. The second kappa shape index (κ2) is 10.7. The lowest BCUT2D eigenvalue weighted by molar-refractivity contribution is -0.118. The molecule has 1 aliphatic rings. The summed E-state index contributed by atoms with van der Waals surface area (Å²) in [6.45, 7) is 2.86. The minimum atomic E-state index is -0.226. The number of amidine groups is 1. The van der Waals surface area contributed by atoms with Crippen LogP contribution in [0, 0.1) is 0 Å². The molecule has 152 valence electrons. The Morgan fingerprint density at radius 1 is 1.17 bits per heavy atom. The summed E-state index contributed by atoms with van der Waals surface area (Å²) in [5.41, 5.74) is 1.96. The average Bonchev–Trinajstić information content (AvgIpc) is 3.08. The number of carbonyl (C=O) groups is 1. The van der Waals surface area contributed by atoms with E-state index in [0.717, 1.165) is 42.1 Å². The van der Waals surface area contributed by atoms with E-state index in [4.69, 9.17) is 9.47 Å². The van der Waals surface area contributed by atoms with Gasteiger partial charge in [0.05, 0.1) is 25.2 Å². The van der Waals surface area contributed by atoms with Gasteiger partial charge in [0.25, 0.3) is 0 Å². The van der Waals surface area contributed by atoms with Crippen molar-refractivity contribution >= 4 is 29.1 Å². The molecule has 2 aromatic rings. The van der Waals surface area contributed by atoms with E-state index in [-0.39, 0.29) is 11.2 Å². The van der Waals surface area contributed by atoms with Crippen LogP contribution in [0.25, 0.3) is 0 Å². The zero-order valence-corrected chi connectivity index (χ0v) is 17.4. The molecule has 1 aliphatic heterocycles. The number of rotatable bonds is 9. The molecule has 0 radical (unpaired) electrons. The maximum Gasteiger partial charge on any atom is 0.239 e. The molecule has 3 rings (SSSR count). The number of hydrogen-bond donors (Lipinski definition) is 1. The van der Waals surface area contributed by atoms with Crippen molar-refractivity contribution in [1.29, 1.82) is 0 Å². The average molecular weight is 412 g/mol. The molecule has 1 saturated heterocycles. The molecule has 1 N–H and O–H groups in total. The first-order valence-corrected chi connectivity index (χ1v) is 10.5. The number of unbranched alkanes of at least 4 members (excludes halogenated alkanes) is 1. The van der Waals surface area contributed by atoms with Crippen molar-refractivity contribution in [3.8, 4) is 11.5 Å². The number of amides is 1. The monoisotopic (exact) mass is 411 g/mol. The summed E-state index contributed by atoms with van der Waals surface area (Å²) in [4.78, 5) is 12.2. The summed E-state index contributed by atoms with van der Waals surface area (Å²) in [7, 11) is 1.63. The highest BCUT2D eigenvalue weighted by Crippen LogP contribution is 2.24. The summed E-state index contributed by atoms with van der Waals surface area (Å²) < 4.78 is 10.9. The van der Waals surface area contributed by atoms with Crippen LogP contribution in [0.15, 0.2) is 58.7 Å². The van der Waals surface area contributed by atoms with Crippen molar-refractivity contribution < 1.29 is 14.3 Å². The first-order chi connectivity index (χ1) is 14.2. The van der Waals surface area contributed by atoms with Gasteiger partial charge in [-0.05, 0) is 60.4 Å². The van der Waals surface area contributed by atoms with Gasteiger partial charge in [-0.3, -0.25) is 4.79 Å². The Bertz CT molecular complexity index is 881. The lowest BCUT2D eigenvalue weighted by Gasteiger charge is -2.07. The predicted molar refractivity (Wildman–Crippen MR) is 118 cm³/mol. The van der Waals surface area contributed by atoms with Gasteiger partial charge in [-0.15, -0.1) is 5.10 Å². The number of benzene rings is 2. The van der Waals surface area contributed by atoms with Crippen LogP contribution in [-0.2, 0) is 11.2 Å². The molecular weight excluding hydrogens is 386 g/mol. The quantitative estimate of drug-likeness (QED) is 0.384. The second-order valence-electron chi connectivity index (χ2n) is 6.57. The molecule has 0 spiro atoms. The molecule has 1 unspecified atom stereocenters. The third-order valence-electron chi connectivity index (χ3n) is 4.33. The highest BCUT2D eigenvalue weighted by molar-refractivity contribution is 8.15. The van der Waals surface area contributed by atoms with Crippen LogP contribution < -0.4 is 14.8 Å². The number of thioether (sulfide) groups is 1. The number of nitrogens with zero attached hydrogens (tertiary/aromatic N) is 2. The first-order valence-electron chi connectivity index (χ1n) is 9.62. The summed E-state index contributed by atoms with van der Waals surface area (Å²) >= 11 is 1.39. The van der Waals surface area contributed by atoms with E-state index >= 15 is 0 Å². The highest BCUT2D eigenvalue weighted by Gasteiger charge is 2.30. The van der Waals surface area contributed by atoms with Crippen LogP contribution in [-0.4, -0.2) is 36.3 Å². The van der Waals surface area contributed by atoms with Gasteiger partial charge < -0.3 is 14.8 Å². The zero-order valence-electron chi connectivity index (χ0n) is 16.6. The Kier molecular flexibility index (Phi) is 7.69. The van der Waals surface area contributed by atoms with Gasteiger partial charge in [0.1, 0.15) is 11.5 Å². The summed E-state index contributed by atoms with van der Waals surface area (Å²) in [5, 5.41) is 11.3. The Hall–Kier alpha value is -2.80. The molecule has 1 atom stereocenters. The fraction of sp³-hybridized carbons (Fsp3) is 0.318. The van der Waals surface area contributed by atoms with Crippen molar-refractivity contribution in [3.63, 3.8) is 0 Å². The van der Waals surface area contributed by atoms with Crippen LogP contribution >= 0.6 is 11.8 Å². The summed E-state index contributed by atoms with van der Waals surface area (Å²) in [5.74, 6) is 1.58. The van der Waals surface area contributed by atoms with Crippen molar-refractivity contribution in [3.05, 3.63) is 59.7 Å². The van der Waals surface area contributed by atoms with Gasteiger partial charge in [0.15, 0.2) is 5.17 Å². The van der Waals surface area contributed by atoms with Gasteiger partial charge in [-0.2, -0.15) is 5.10 Å². The topological polar surface area (TPSA) is 72.3 Å². The van der Waals surface area contributed by atoms with Crippen LogP contribution in [0.4, 0.5) is 0 Å². The van der Waals surface area contributed by atoms with E-state index in [1.807, 2.05) is 48.5 Å². The lowest BCUT2D eigenvalue weighted by atomic mass is 10.1. The van der Waals surface area contributed by atoms with Crippen molar-refractivity contribution in [1.82, 2.24) is 5.32 Å². The van der Waals surface area contributed by atoms with Gasteiger partial charge >= 0.3 is 0 Å². The molecule has 1 fully saturated rings. The summed E-state index contributed by atoms with van der Waals surface area (Å²) in [6.07, 6.45) is 4.42. The molecule has 0 saturated carbocycles. The summed E-state index contributed by atoms with van der Waals surface area (Å²) in [6, 6.07) is 15.4. The minimum absolute atomic E-state index is 0.0552. The van der Waals surface area contributed by atoms with Gasteiger partial charge in [0, 0.05) is 0 Å². The van der Waals surface area contributed by atoms with Crippen LogP contribution in [0.3, 0.4) is 0 Å². The Labute approximate surface area is 175 Å². The maximum atomic E-state index is 12.2. The maximum absolute atomic E-state index is 12.2. The third-order valence-corrected chi connectivity index (χ3v) is 5.41. The molecular formula is C22H25N3O3S. The van der Waals surface area contributed by atoms with E-state index in [0.29, 0.717) is 11.6 Å². The van der Waals surface area contributed by atoms with E-state index in [2.05, 4.69) is 22.4 Å². The second-order valence-corrected chi connectivity index (χ2v) is 7.76. The molecule has 29 heavy (non-hydrogen) atoms.